The number of esters is 2. The van der Waals surface area contributed by atoms with Crippen LogP contribution in [0, 0.1) is 0 Å². The van der Waals surface area contributed by atoms with E-state index >= 15 is 0 Å². The van der Waals surface area contributed by atoms with Gasteiger partial charge in [0.05, 0.1) is 27.7 Å². The summed E-state index contributed by atoms with van der Waals surface area (Å²) in [4.78, 5) is 35.8. The van der Waals surface area contributed by atoms with Gasteiger partial charge in [-0.3, -0.25) is 18.6 Å². The molecule has 9 nitrogen and oxygen atoms in total. The van der Waals surface area contributed by atoms with Crippen LogP contribution in [0.25, 0.3) is 0 Å². The molecule has 0 amide bonds. The van der Waals surface area contributed by atoms with E-state index in [1.54, 1.807) is 0 Å². The van der Waals surface area contributed by atoms with Crippen LogP contribution in [0.3, 0.4) is 0 Å². The number of rotatable bonds is 55. The number of hydrogen-bond donors (Lipinski definition) is 1. The van der Waals surface area contributed by atoms with Crippen LogP contribution in [0.15, 0.2) is 158 Å². The summed E-state index contributed by atoms with van der Waals surface area (Å²) >= 11 is 0. The summed E-state index contributed by atoms with van der Waals surface area (Å²) in [6, 6.07) is 0. The monoisotopic (exact) mass is 1130 g/mol. The molecule has 0 bridgehead atoms. The van der Waals surface area contributed by atoms with E-state index in [-0.39, 0.29) is 32.0 Å². The van der Waals surface area contributed by atoms with Crippen LogP contribution in [0.1, 0.15) is 219 Å². The number of ether oxygens (including phenoxy) is 2. The fourth-order valence-electron chi connectivity index (χ4n) is 7.82. The lowest BCUT2D eigenvalue weighted by molar-refractivity contribution is -0.870. The van der Waals surface area contributed by atoms with Crippen molar-refractivity contribution in [3.05, 3.63) is 158 Å². The minimum Gasteiger partial charge on any atom is -0.462 e. The highest BCUT2D eigenvalue weighted by Crippen LogP contribution is 2.43. The summed E-state index contributed by atoms with van der Waals surface area (Å²) in [5.74, 6) is -0.849. The maximum atomic E-state index is 12.8. The first kappa shape index (κ1) is 75.6. The third-order valence-electron chi connectivity index (χ3n) is 12.6. The number of allylic oxidation sites excluding steroid dienone is 26. The Morgan fingerprint density at radius 2 is 0.675 bits per heavy atom. The van der Waals surface area contributed by atoms with E-state index in [1.807, 2.05) is 21.1 Å². The van der Waals surface area contributed by atoms with Crippen LogP contribution >= 0.6 is 7.82 Å². The molecule has 0 radical (unpaired) electrons. The molecule has 0 aliphatic carbocycles. The third-order valence-corrected chi connectivity index (χ3v) is 13.5. The number of quaternary nitrogens is 1. The zero-order valence-corrected chi connectivity index (χ0v) is 52.1. The van der Waals surface area contributed by atoms with Crippen molar-refractivity contribution in [3.63, 3.8) is 0 Å². The molecule has 10 heteroatoms. The van der Waals surface area contributed by atoms with E-state index in [1.165, 1.54) is 57.8 Å². The van der Waals surface area contributed by atoms with Crippen LogP contribution in [0.2, 0.25) is 0 Å². The van der Waals surface area contributed by atoms with Crippen molar-refractivity contribution in [1.29, 1.82) is 0 Å². The van der Waals surface area contributed by atoms with Crippen molar-refractivity contribution in [3.8, 4) is 0 Å². The fourth-order valence-corrected chi connectivity index (χ4v) is 8.56. The second-order valence-electron chi connectivity index (χ2n) is 21.3. The molecule has 0 heterocycles. The number of nitrogens with zero attached hydrogens (tertiary/aromatic N) is 1. The Balaban J connectivity index is 4.22. The number of likely N-dealkylation sites (N-methyl/N-ethyl adjacent to an activating group) is 1. The normalized spacial score (nSPS) is 14.3. The molecule has 2 unspecified atom stereocenters. The predicted octanol–water partition coefficient (Wildman–Crippen LogP) is 20.0. The number of carbonyl (C=O) groups is 2. The smallest absolute Gasteiger partial charge is 0.462 e. The summed E-state index contributed by atoms with van der Waals surface area (Å²) in [6.45, 7) is 4.14. The van der Waals surface area contributed by atoms with Gasteiger partial charge in [-0.05, 0) is 122 Å². The van der Waals surface area contributed by atoms with Crippen molar-refractivity contribution < 1.29 is 42.1 Å². The number of carbonyl (C=O) groups excluding carboxylic acids is 2. The van der Waals surface area contributed by atoms with Crippen LogP contribution in [-0.2, 0) is 32.7 Å². The van der Waals surface area contributed by atoms with E-state index in [0.29, 0.717) is 17.4 Å². The van der Waals surface area contributed by atoms with Gasteiger partial charge in [-0.2, -0.15) is 0 Å². The summed E-state index contributed by atoms with van der Waals surface area (Å²) in [5.41, 5.74) is 0. The third kappa shape index (κ3) is 62.8. The van der Waals surface area contributed by atoms with Crippen LogP contribution in [-0.4, -0.2) is 74.9 Å². The Kier molecular flexibility index (Phi) is 56.0. The second kappa shape index (κ2) is 59.3. The molecule has 80 heavy (non-hydrogen) atoms. The Morgan fingerprint density at radius 3 is 1.01 bits per heavy atom. The second-order valence-corrected chi connectivity index (χ2v) is 22.8. The summed E-state index contributed by atoms with van der Waals surface area (Å²) in [6.07, 6.45) is 88.9. The zero-order chi connectivity index (χ0) is 58.4. The zero-order valence-electron chi connectivity index (χ0n) is 51.2. The molecular formula is C70H115NO8P+. The average molecular weight is 1130 g/mol. The molecule has 452 valence electrons. The van der Waals surface area contributed by atoms with Gasteiger partial charge in [0.1, 0.15) is 19.8 Å². The Bertz CT molecular complexity index is 1900. The van der Waals surface area contributed by atoms with E-state index in [4.69, 9.17) is 18.5 Å². The van der Waals surface area contributed by atoms with Gasteiger partial charge in [-0.1, -0.05) is 242 Å². The fraction of sp³-hybridized carbons (Fsp3) is 0.600. The van der Waals surface area contributed by atoms with Gasteiger partial charge >= 0.3 is 19.8 Å². The minimum absolute atomic E-state index is 0.0156. The topological polar surface area (TPSA) is 108 Å². The molecule has 0 spiro atoms. The number of hydrogen-bond acceptors (Lipinski definition) is 7. The molecular weight excluding hydrogens is 1010 g/mol. The lowest BCUT2D eigenvalue weighted by atomic mass is 10.0. The maximum Gasteiger partial charge on any atom is 0.472 e. The number of phosphoric ester groups is 1. The molecule has 0 aliphatic rings. The molecule has 0 aromatic rings. The first-order chi connectivity index (χ1) is 39.0. The van der Waals surface area contributed by atoms with Crippen molar-refractivity contribution in [2.24, 2.45) is 0 Å². The van der Waals surface area contributed by atoms with E-state index in [9.17, 15) is 19.0 Å². The van der Waals surface area contributed by atoms with Crippen molar-refractivity contribution >= 4 is 19.8 Å². The molecule has 0 rings (SSSR count). The van der Waals surface area contributed by atoms with Gasteiger partial charge in [0.25, 0.3) is 0 Å². The maximum absolute atomic E-state index is 12.8. The highest BCUT2D eigenvalue weighted by Gasteiger charge is 2.27. The van der Waals surface area contributed by atoms with Crippen LogP contribution in [0.4, 0.5) is 0 Å². The van der Waals surface area contributed by atoms with Crippen LogP contribution < -0.4 is 0 Å². The highest BCUT2D eigenvalue weighted by molar-refractivity contribution is 7.47. The summed E-state index contributed by atoms with van der Waals surface area (Å²) in [5, 5.41) is 0. The number of unbranched alkanes of at least 4 members (excludes halogenated alkanes) is 15. The lowest BCUT2D eigenvalue weighted by Crippen LogP contribution is -2.37. The lowest BCUT2D eigenvalue weighted by Gasteiger charge is -2.24. The molecule has 0 aliphatic heterocycles. The largest absolute Gasteiger partial charge is 0.472 e. The molecule has 2 atom stereocenters. The molecule has 0 saturated carbocycles. The van der Waals surface area contributed by atoms with Crippen molar-refractivity contribution in [2.45, 2.75) is 225 Å². The quantitative estimate of drug-likeness (QED) is 0.0211. The SMILES string of the molecule is CC/C=C\C/C=C\C/C=C\C/C=C\C/C=C\C/C=C\C/C=C\CCCCCC(=O)OC(COC(=O)CCCCCCCCCCCCCC/C=C\C/C=C\C/C=C\C/C=C\C/C=C\C/C=C\CC)COP(=O)(O)OCC[N+](C)(C)C. The van der Waals surface area contributed by atoms with E-state index in [0.717, 1.165) is 128 Å². The number of phosphoric acid groups is 1. The Labute approximate surface area is 490 Å². The van der Waals surface area contributed by atoms with E-state index < -0.39 is 26.5 Å². The molecule has 0 saturated heterocycles. The first-order valence-electron chi connectivity index (χ1n) is 31.2. The van der Waals surface area contributed by atoms with Gasteiger partial charge in [0.2, 0.25) is 0 Å². The summed E-state index contributed by atoms with van der Waals surface area (Å²) < 4.78 is 34.6. The van der Waals surface area contributed by atoms with E-state index in [2.05, 4.69) is 172 Å². The first-order valence-corrected chi connectivity index (χ1v) is 32.7. The molecule has 1 N–H and O–H groups in total. The molecule has 0 aromatic carbocycles. The van der Waals surface area contributed by atoms with Gasteiger partial charge in [0, 0.05) is 12.8 Å². The van der Waals surface area contributed by atoms with Gasteiger partial charge in [0.15, 0.2) is 6.10 Å². The average Bonchev–Trinajstić information content (AvgIpc) is 3.42. The Hall–Kier alpha value is -4.37. The van der Waals surface area contributed by atoms with Crippen LogP contribution in [0.5, 0.6) is 0 Å². The van der Waals surface area contributed by atoms with Gasteiger partial charge in [-0.25, -0.2) is 4.57 Å². The molecule has 0 fully saturated rings. The van der Waals surface area contributed by atoms with Gasteiger partial charge < -0.3 is 18.9 Å². The Morgan fingerprint density at radius 1 is 0.388 bits per heavy atom. The van der Waals surface area contributed by atoms with Crippen molar-refractivity contribution in [1.82, 2.24) is 0 Å². The standard InChI is InChI=1S/C70H114NO8P/c1-6-8-10-12-14-16-18-20-22-24-26-28-30-32-33-34-35-36-37-39-40-42-44-46-48-50-52-54-56-58-60-62-69(72)76-66-68(67-78-80(74,75)77-65-64-71(3,4)5)79-70(73)63-61-59-57-55-53-51-49-47-45-43-41-38-31-29-27-25-23-21-19-17-15-13-11-9-7-2/h8-11,14-17,20-23,26-29,32-33,35-36,38,41,45,47,51,53,68H,6-7,12-13,18-19,24-25,30-31,34,37,39-40,42-44,46,48-50,52,54-67H2,1-5H3/p+1/b10-8-,11-9-,16-14-,17-15-,22-20-,23-21-,28-26-,29-27-,33-32-,36-35-,41-38-,47-45-,53-51-. The van der Waals surface area contributed by atoms with Gasteiger partial charge in [-0.15, -0.1) is 0 Å². The summed E-state index contributed by atoms with van der Waals surface area (Å²) in [7, 11) is 1.43. The molecule has 0 aromatic heterocycles. The van der Waals surface area contributed by atoms with Crippen molar-refractivity contribution in [2.75, 3.05) is 47.5 Å². The predicted molar refractivity (Wildman–Crippen MR) is 343 cm³/mol. The minimum atomic E-state index is -4.41. The highest BCUT2D eigenvalue weighted by atomic mass is 31.2.